The van der Waals surface area contributed by atoms with Crippen LogP contribution in [0.3, 0.4) is 0 Å². The second-order valence-corrected chi connectivity index (χ2v) is 6.58. The molecule has 0 bridgehead atoms. The van der Waals surface area contributed by atoms with Crippen molar-refractivity contribution in [2.24, 2.45) is 5.41 Å². The van der Waals surface area contributed by atoms with E-state index in [0.717, 1.165) is 31.5 Å². The topological polar surface area (TPSA) is 58.4 Å². The number of hydrogen-bond acceptors (Lipinski definition) is 3. The molecule has 1 saturated heterocycles. The quantitative estimate of drug-likeness (QED) is 0.834. The molecule has 3 N–H and O–H groups in total. The minimum atomic E-state index is 0.0141. The molecule has 4 heteroatoms. The van der Waals surface area contributed by atoms with E-state index >= 15 is 0 Å². The summed E-state index contributed by atoms with van der Waals surface area (Å²) in [5.41, 5.74) is 8.75. The molecule has 0 atom stereocenters. The molecule has 0 spiro atoms. The van der Waals surface area contributed by atoms with E-state index < -0.39 is 0 Å². The van der Waals surface area contributed by atoms with Crippen LogP contribution in [-0.2, 0) is 4.79 Å². The Morgan fingerprint density at radius 1 is 1.35 bits per heavy atom. The molecule has 1 aromatic rings. The first-order chi connectivity index (χ1) is 9.35. The largest absolute Gasteiger partial charge is 0.397 e. The third-order valence-electron chi connectivity index (χ3n) is 4.06. The van der Waals surface area contributed by atoms with Gasteiger partial charge in [0.25, 0.3) is 0 Å². The Hall–Kier alpha value is -1.55. The number of likely N-dealkylation sites (tertiary alicyclic amines) is 1. The minimum absolute atomic E-state index is 0.0141. The number of nitrogens with zero attached hydrogens (tertiary/aromatic N) is 1. The Balaban J connectivity index is 1.87. The summed E-state index contributed by atoms with van der Waals surface area (Å²) >= 11 is 0. The van der Waals surface area contributed by atoms with Crippen LogP contribution in [0.25, 0.3) is 0 Å². The summed E-state index contributed by atoms with van der Waals surface area (Å²) in [6, 6.07) is 5.69. The van der Waals surface area contributed by atoms with Gasteiger partial charge in [-0.25, -0.2) is 0 Å². The molecule has 1 amide bonds. The lowest BCUT2D eigenvalue weighted by Crippen LogP contribution is -2.41. The fourth-order valence-electron chi connectivity index (χ4n) is 2.51. The van der Waals surface area contributed by atoms with Crippen LogP contribution in [0.2, 0.25) is 0 Å². The lowest BCUT2D eigenvalue weighted by Gasteiger charge is -2.36. The summed E-state index contributed by atoms with van der Waals surface area (Å²) in [6.07, 6.45) is 2.29. The molecular weight excluding hydrogens is 250 g/mol. The summed E-state index contributed by atoms with van der Waals surface area (Å²) < 4.78 is 0. The number of carbonyl (C=O) groups is 1. The van der Waals surface area contributed by atoms with E-state index in [9.17, 15) is 4.79 Å². The molecule has 4 nitrogen and oxygen atoms in total. The van der Waals surface area contributed by atoms with E-state index in [2.05, 4.69) is 24.1 Å². The van der Waals surface area contributed by atoms with Gasteiger partial charge in [0.15, 0.2) is 0 Å². The molecule has 0 unspecified atom stereocenters. The maximum absolute atomic E-state index is 12.1. The first kappa shape index (κ1) is 14.9. The smallest absolute Gasteiger partial charge is 0.238 e. The summed E-state index contributed by atoms with van der Waals surface area (Å²) in [7, 11) is 0. The van der Waals surface area contributed by atoms with Crippen LogP contribution in [0.1, 0.15) is 32.3 Å². The molecule has 0 radical (unpaired) electrons. The van der Waals surface area contributed by atoms with Gasteiger partial charge in [0.1, 0.15) is 0 Å². The minimum Gasteiger partial charge on any atom is -0.397 e. The molecule has 20 heavy (non-hydrogen) atoms. The van der Waals surface area contributed by atoms with Crippen molar-refractivity contribution < 1.29 is 4.79 Å². The number of benzene rings is 1. The van der Waals surface area contributed by atoms with Crippen molar-refractivity contribution in [3.63, 3.8) is 0 Å². The highest BCUT2D eigenvalue weighted by Crippen LogP contribution is 2.29. The normalized spacial score (nSPS) is 18.8. The van der Waals surface area contributed by atoms with Crippen LogP contribution >= 0.6 is 0 Å². The summed E-state index contributed by atoms with van der Waals surface area (Å²) in [4.78, 5) is 14.3. The fourth-order valence-corrected chi connectivity index (χ4v) is 2.51. The molecule has 0 aliphatic carbocycles. The molecular formula is C16H25N3O. The number of nitrogens with two attached hydrogens (primary N) is 1. The van der Waals surface area contributed by atoms with Crippen molar-refractivity contribution in [2.45, 2.75) is 33.6 Å². The van der Waals surface area contributed by atoms with Gasteiger partial charge < -0.3 is 11.1 Å². The van der Waals surface area contributed by atoms with Crippen molar-refractivity contribution in [2.75, 3.05) is 30.7 Å². The third kappa shape index (κ3) is 3.97. The van der Waals surface area contributed by atoms with Gasteiger partial charge in [-0.15, -0.1) is 0 Å². The molecule has 1 aliphatic rings. The average Bonchev–Trinajstić information content (AvgIpc) is 2.35. The number of nitrogen functional groups attached to an aromatic ring is 1. The molecule has 0 saturated carbocycles. The first-order valence-electron chi connectivity index (χ1n) is 7.24. The standard InChI is InChI=1S/C16H25N3O/c1-12-4-5-14(13(17)10-12)18-15(20)11-19-8-6-16(2,3)7-9-19/h4-5,10H,6-9,11,17H2,1-3H3,(H,18,20). The number of carbonyl (C=O) groups excluding carboxylic acids is 1. The van der Waals surface area contributed by atoms with E-state index in [1.54, 1.807) is 0 Å². The first-order valence-corrected chi connectivity index (χ1v) is 7.24. The number of rotatable bonds is 3. The Morgan fingerprint density at radius 2 is 2.00 bits per heavy atom. The van der Waals surface area contributed by atoms with E-state index in [0.29, 0.717) is 23.3 Å². The highest BCUT2D eigenvalue weighted by molar-refractivity contribution is 5.95. The average molecular weight is 275 g/mol. The fraction of sp³-hybridized carbons (Fsp3) is 0.562. The highest BCUT2D eigenvalue weighted by atomic mass is 16.2. The Bertz CT molecular complexity index is 486. The van der Waals surface area contributed by atoms with Gasteiger partial charge in [-0.05, 0) is 56.0 Å². The summed E-state index contributed by atoms with van der Waals surface area (Å²) in [5, 5.41) is 2.90. The van der Waals surface area contributed by atoms with Crippen LogP contribution < -0.4 is 11.1 Å². The van der Waals surface area contributed by atoms with Gasteiger partial charge in [-0.3, -0.25) is 9.69 Å². The maximum Gasteiger partial charge on any atom is 0.238 e. The predicted molar refractivity (Wildman–Crippen MR) is 83.7 cm³/mol. The molecule has 1 fully saturated rings. The zero-order chi connectivity index (χ0) is 14.8. The van der Waals surface area contributed by atoms with Crippen LogP contribution in [0.5, 0.6) is 0 Å². The van der Waals surface area contributed by atoms with Gasteiger partial charge in [-0.1, -0.05) is 19.9 Å². The van der Waals surface area contributed by atoms with Crippen molar-refractivity contribution in [3.05, 3.63) is 23.8 Å². The van der Waals surface area contributed by atoms with Crippen molar-refractivity contribution in [1.82, 2.24) is 4.90 Å². The lowest BCUT2D eigenvalue weighted by atomic mass is 9.83. The maximum atomic E-state index is 12.1. The van der Waals surface area contributed by atoms with Gasteiger partial charge in [0, 0.05) is 0 Å². The van der Waals surface area contributed by atoms with E-state index in [1.165, 1.54) is 0 Å². The number of hydrogen-bond donors (Lipinski definition) is 2. The summed E-state index contributed by atoms with van der Waals surface area (Å²) in [6.45, 7) is 8.99. The van der Waals surface area contributed by atoms with Gasteiger partial charge in [0.05, 0.1) is 17.9 Å². The zero-order valence-electron chi connectivity index (χ0n) is 12.7. The molecule has 110 valence electrons. The predicted octanol–water partition coefficient (Wildman–Crippen LogP) is 2.64. The Morgan fingerprint density at radius 3 is 2.60 bits per heavy atom. The van der Waals surface area contributed by atoms with Crippen LogP contribution in [0.15, 0.2) is 18.2 Å². The van der Waals surface area contributed by atoms with E-state index in [1.807, 2.05) is 25.1 Å². The van der Waals surface area contributed by atoms with Gasteiger partial charge >= 0.3 is 0 Å². The second-order valence-electron chi connectivity index (χ2n) is 6.58. The molecule has 2 rings (SSSR count). The Kier molecular flexibility index (Phi) is 4.33. The molecule has 1 aliphatic heterocycles. The SMILES string of the molecule is Cc1ccc(NC(=O)CN2CCC(C)(C)CC2)c(N)c1. The third-order valence-corrected chi connectivity index (χ3v) is 4.06. The number of anilines is 2. The van der Waals surface area contributed by atoms with Gasteiger partial charge in [-0.2, -0.15) is 0 Å². The monoisotopic (exact) mass is 275 g/mol. The van der Waals surface area contributed by atoms with Crippen LogP contribution in [0.4, 0.5) is 11.4 Å². The summed E-state index contributed by atoms with van der Waals surface area (Å²) in [5.74, 6) is 0.0141. The second kappa shape index (κ2) is 5.83. The molecule has 0 aromatic heterocycles. The van der Waals surface area contributed by atoms with Gasteiger partial charge in [0.2, 0.25) is 5.91 Å². The number of amides is 1. The number of aryl methyl sites for hydroxylation is 1. The molecule has 1 heterocycles. The highest BCUT2D eigenvalue weighted by Gasteiger charge is 2.26. The lowest BCUT2D eigenvalue weighted by molar-refractivity contribution is -0.117. The molecule has 1 aromatic carbocycles. The van der Waals surface area contributed by atoms with Crippen molar-refractivity contribution in [3.8, 4) is 0 Å². The van der Waals surface area contributed by atoms with E-state index in [4.69, 9.17) is 5.73 Å². The number of nitrogens with one attached hydrogen (secondary N) is 1. The van der Waals surface area contributed by atoms with Crippen LogP contribution in [0, 0.1) is 12.3 Å². The van der Waals surface area contributed by atoms with E-state index in [-0.39, 0.29) is 5.91 Å². The van der Waals surface area contributed by atoms with Crippen molar-refractivity contribution >= 4 is 17.3 Å². The Labute approximate surface area is 121 Å². The van der Waals surface area contributed by atoms with Crippen molar-refractivity contribution in [1.29, 1.82) is 0 Å². The zero-order valence-corrected chi connectivity index (χ0v) is 12.7. The number of piperidine rings is 1. The van der Waals surface area contributed by atoms with Crippen LogP contribution in [-0.4, -0.2) is 30.4 Å².